The third-order valence-corrected chi connectivity index (χ3v) is 1.27. The predicted molar refractivity (Wildman–Crippen MR) is 36.7 cm³/mol. The van der Waals surface area contributed by atoms with Gasteiger partial charge in [-0.15, -0.1) is 23.3 Å². The molecule has 0 saturated heterocycles. The number of rotatable bonds is 4. The van der Waals surface area contributed by atoms with Gasteiger partial charge in [-0.3, -0.25) is 0 Å². The summed E-state index contributed by atoms with van der Waals surface area (Å²) >= 11 is 0. The SMILES string of the molecule is C[N-][N+](NC)(NC)NC. The fourth-order valence-electron chi connectivity index (χ4n) is 0.635. The molecule has 0 amide bonds. The molecule has 5 heteroatoms. The third-order valence-electron chi connectivity index (χ3n) is 1.27. The van der Waals surface area contributed by atoms with Crippen LogP contribution in [0.4, 0.5) is 0 Å². The Morgan fingerprint density at radius 3 is 1.33 bits per heavy atom. The Morgan fingerprint density at radius 2 is 1.33 bits per heavy atom. The Labute approximate surface area is 55.9 Å². The molecule has 0 spiro atoms. The molecule has 9 heavy (non-hydrogen) atoms. The van der Waals surface area contributed by atoms with Gasteiger partial charge in [0.25, 0.3) is 0 Å². The van der Waals surface area contributed by atoms with Gasteiger partial charge in [-0.2, -0.15) is 4.92 Å². The molecule has 0 saturated carbocycles. The van der Waals surface area contributed by atoms with Gasteiger partial charge in [0.05, 0.1) is 0 Å². The number of nitrogens with zero attached hydrogens (tertiary/aromatic N) is 2. The van der Waals surface area contributed by atoms with Crippen LogP contribution in [-0.2, 0) is 0 Å². The van der Waals surface area contributed by atoms with Gasteiger partial charge in [0.15, 0.2) is 0 Å². The second-order valence-electron chi connectivity index (χ2n) is 1.51. The van der Waals surface area contributed by atoms with Gasteiger partial charge in [0.2, 0.25) is 0 Å². The molecule has 0 fully saturated rings. The van der Waals surface area contributed by atoms with E-state index in [4.69, 9.17) is 0 Å². The average molecular weight is 133 g/mol. The zero-order chi connectivity index (χ0) is 7.33. The minimum atomic E-state index is 0.153. The van der Waals surface area contributed by atoms with Crippen LogP contribution in [-0.4, -0.2) is 33.1 Å². The Morgan fingerprint density at radius 1 is 1.00 bits per heavy atom. The molecule has 3 N–H and O–H groups in total. The van der Waals surface area contributed by atoms with E-state index in [9.17, 15) is 0 Å². The maximum absolute atomic E-state index is 3.98. The minimum absolute atomic E-state index is 0.153. The van der Waals surface area contributed by atoms with Crippen molar-refractivity contribution in [1.82, 2.24) is 16.3 Å². The van der Waals surface area contributed by atoms with Crippen LogP contribution in [0.25, 0.3) is 5.43 Å². The zero-order valence-electron chi connectivity index (χ0n) is 6.39. The first kappa shape index (κ1) is 8.80. The van der Waals surface area contributed by atoms with E-state index in [1.54, 1.807) is 28.2 Å². The summed E-state index contributed by atoms with van der Waals surface area (Å²) in [6.07, 6.45) is 0. The van der Waals surface area contributed by atoms with Crippen molar-refractivity contribution in [3.05, 3.63) is 5.43 Å². The lowest BCUT2D eigenvalue weighted by atomic mass is 11.2. The van der Waals surface area contributed by atoms with Gasteiger partial charge in [0.1, 0.15) is 0 Å². The zero-order valence-corrected chi connectivity index (χ0v) is 6.39. The summed E-state index contributed by atoms with van der Waals surface area (Å²) in [5, 5.41) is 0. The summed E-state index contributed by atoms with van der Waals surface area (Å²) in [5.41, 5.74) is 12.7. The maximum Gasteiger partial charge on any atom is 0.0366 e. The second kappa shape index (κ2) is 3.76. The molecule has 0 aliphatic rings. The molecule has 0 rings (SSSR count). The van der Waals surface area contributed by atoms with Crippen LogP contribution in [0.2, 0.25) is 0 Å². The van der Waals surface area contributed by atoms with Gasteiger partial charge in [-0.1, -0.05) is 0 Å². The lowest BCUT2D eigenvalue weighted by Gasteiger charge is -2.41. The van der Waals surface area contributed by atoms with Crippen LogP contribution in [0, 0.1) is 0 Å². The molecule has 0 aromatic carbocycles. The largest absolute Gasteiger partial charge is 0.392 e. The molecule has 0 heterocycles. The van der Waals surface area contributed by atoms with Gasteiger partial charge in [-0.05, 0) is 0 Å². The van der Waals surface area contributed by atoms with Crippen molar-refractivity contribution >= 4 is 0 Å². The number of quaternary nitrogens is 1. The summed E-state index contributed by atoms with van der Waals surface area (Å²) in [7, 11) is 7.13. The Hall–Kier alpha value is -0.200. The van der Waals surface area contributed by atoms with Crippen LogP contribution < -0.4 is 16.3 Å². The van der Waals surface area contributed by atoms with Crippen molar-refractivity contribution in [1.29, 1.82) is 0 Å². The highest BCUT2D eigenvalue weighted by Crippen LogP contribution is 1.92. The van der Waals surface area contributed by atoms with Crippen molar-refractivity contribution in [3.8, 4) is 0 Å². The smallest absolute Gasteiger partial charge is 0.0366 e. The first-order valence-corrected chi connectivity index (χ1v) is 2.82. The summed E-state index contributed by atoms with van der Waals surface area (Å²) in [5.74, 6) is 0. The topological polar surface area (TPSA) is 50.2 Å². The fourth-order valence-corrected chi connectivity index (χ4v) is 0.635. The molecule has 0 aromatic heterocycles. The van der Waals surface area contributed by atoms with Crippen molar-refractivity contribution < 1.29 is 4.92 Å². The van der Waals surface area contributed by atoms with E-state index in [2.05, 4.69) is 21.7 Å². The highest BCUT2D eigenvalue weighted by molar-refractivity contribution is 4.41. The standard InChI is InChI=1S/C4H15N5/c1-5-9(6-2,7-3)8-4/h5-7H,1-4H3. The maximum atomic E-state index is 3.98. The monoisotopic (exact) mass is 133 g/mol. The van der Waals surface area contributed by atoms with E-state index in [0.717, 1.165) is 0 Å². The fraction of sp³-hybridized carbons (Fsp3) is 1.00. The lowest BCUT2D eigenvalue weighted by molar-refractivity contribution is -1.01. The quantitative estimate of drug-likeness (QED) is 0.345. The highest BCUT2D eigenvalue weighted by Gasteiger charge is 2.08. The van der Waals surface area contributed by atoms with Gasteiger partial charge >= 0.3 is 0 Å². The number of hydrogen-bond donors (Lipinski definition) is 3. The van der Waals surface area contributed by atoms with Crippen LogP contribution in [0.5, 0.6) is 0 Å². The molecule has 0 aliphatic heterocycles. The Bertz CT molecular complexity index is 51.8. The first-order chi connectivity index (χ1) is 4.24. The van der Waals surface area contributed by atoms with Crippen LogP contribution >= 0.6 is 0 Å². The van der Waals surface area contributed by atoms with E-state index in [1.165, 1.54) is 0 Å². The summed E-state index contributed by atoms with van der Waals surface area (Å²) < 4.78 is 0. The third kappa shape index (κ3) is 1.88. The highest BCUT2D eigenvalue weighted by atomic mass is 16.1. The average Bonchev–Trinajstić information content (AvgIpc) is 1.95. The molecule has 0 unspecified atom stereocenters. The predicted octanol–water partition coefficient (Wildman–Crippen LogP) is -0.875. The Balaban J connectivity index is 3.82. The lowest BCUT2D eigenvalue weighted by Crippen LogP contribution is -2.67. The summed E-state index contributed by atoms with van der Waals surface area (Å²) in [6, 6.07) is 0. The summed E-state index contributed by atoms with van der Waals surface area (Å²) in [6.45, 7) is 0. The molecule has 5 nitrogen and oxygen atoms in total. The number of nitrogens with one attached hydrogen (secondary N) is 3. The van der Waals surface area contributed by atoms with E-state index in [-0.39, 0.29) is 4.92 Å². The second-order valence-corrected chi connectivity index (χ2v) is 1.51. The van der Waals surface area contributed by atoms with E-state index < -0.39 is 0 Å². The van der Waals surface area contributed by atoms with Gasteiger partial charge in [0, 0.05) is 21.1 Å². The van der Waals surface area contributed by atoms with E-state index in [1.807, 2.05) is 0 Å². The van der Waals surface area contributed by atoms with Gasteiger partial charge in [-0.25, -0.2) is 0 Å². The van der Waals surface area contributed by atoms with Crippen LogP contribution in [0.3, 0.4) is 0 Å². The molecule has 56 valence electrons. The van der Waals surface area contributed by atoms with Crippen molar-refractivity contribution in [2.24, 2.45) is 0 Å². The van der Waals surface area contributed by atoms with Crippen LogP contribution in [0.1, 0.15) is 0 Å². The minimum Gasteiger partial charge on any atom is -0.392 e. The molecule has 0 aromatic rings. The molecule has 0 aliphatic carbocycles. The van der Waals surface area contributed by atoms with Crippen molar-refractivity contribution in [2.75, 3.05) is 28.2 Å². The van der Waals surface area contributed by atoms with Gasteiger partial charge < -0.3 is 5.43 Å². The van der Waals surface area contributed by atoms with E-state index >= 15 is 0 Å². The number of hydrogen-bond acceptors (Lipinski definition) is 3. The molecular formula is C4H15N5. The molecular weight excluding hydrogens is 118 g/mol. The Kier molecular flexibility index (Phi) is 3.67. The summed E-state index contributed by atoms with van der Waals surface area (Å²) in [4.78, 5) is 0.153. The van der Waals surface area contributed by atoms with Crippen LogP contribution in [0.15, 0.2) is 0 Å². The molecule has 0 bridgehead atoms. The normalized spacial score (nSPS) is 12.0. The van der Waals surface area contributed by atoms with E-state index in [0.29, 0.717) is 0 Å². The first-order valence-electron chi connectivity index (χ1n) is 2.82. The van der Waals surface area contributed by atoms with Crippen molar-refractivity contribution in [2.45, 2.75) is 0 Å². The molecule has 0 radical (unpaired) electrons. The molecule has 0 atom stereocenters. The van der Waals surface area contributed by atoms with Crippen molar-refractivity contribution in [3.63, 3.8) is 0 Å².